The summed E-state index contributed by atoms with van der Waals surface area (Å²) in [6, 6.07) is 3.94. The third-order valence-electron chi connectivity index (χ3n) is 4.97. The molecule has 7 nitrogen and oxygen atoms in total. The molecule has 3 heterocycles. The molecule has 28 heavy (non-hydrogen) atoms. The van der Waals surface area contributed by atoms with Gasteiger partial charge in [-0.15, -0.1) is 0 Å². The molecule has 0 spiro atoms. The molecular weight excluding hydrogens is 364 g/mol. The first-order valence-corrected chi connectivity index (χ1v) is 8.97. The highest BCUT2D eigenvalue weighted by Gasteiger charge is 2.24. The van der Waals surface area contributed by atoms with E-state index in [2.05, 4.69) is 15.1 Å². The number of aromatic nitrogens is 4. The van der Waals surface area contributed by atoms with Crippen molar-refractivity contribution < 1.29 is 8.78 Å². The summed E-state index contributed by atoms with van der Waals surface area (Å²) in [5, 5.41) is 4.08. The third kappa shape index (κ3) is 3.40. The Morgan fingerprint density at radius 3 is 2.75 bits per heavy atom. The van der Waals surface area contributed by atoms with Crippen molar-refractivity contribution >= 4 is 11.5 Å². The topological polar surface area (TPSA) is 98.9 Å². The molecule has 2 aromatic heterocycles. The van der Waals surface area contributed by atoms with E-state index in [1.165, 1.54) is 12.4 Å². The van der Waals surface area contributed by atoms with Crippen LogP contribution in [0.25, 0.3) is 11.1 Å². The summed E-state index contributed by atoms with van der Waals surface area (Å²) in [6.45, 7) is 0.895. The first-order valence-electron chi connectivity index (χ1n) is 8.97. The van der Waals surface area contributed by atoms with Gasteiger partial charge in [-0.05, 0) is 24.1 Å². The van der Waals surface area contributed by atoms with E-state index >= 15 is 0 Å². The molecule has 4 N–H and O–H groups in total. The quantitative estimate of drug-likeness (QED) is 0.668. The molecule has 0 amide bonds. The fourth-order valence-corrected chi connectivity index (χ4v) is 3.45. The average Bonchev–Trinajstić information content (AvgIpc) is 3.30. The van der Waals surface area contributed by atoms with Crippen molar-refractivity contribution in [3.8, 4) is 11.1 Å². The second kappa shape index (κ2) is 7.16. The number of anilines is 2. The Bertz CT molecular complexity index is 1000. The second-order valence-corrected chi connectivity index (χ2v) is 6.97. The fraction of sp³-hybridized carbons (Fsp3) is 0.316. The summed E-state index contributed by atoms with van der Waals surface area (Å²) in [7, 11) is 1.76. The van der Waals surface area contributed by atoms with Gasteiger partial charge in [-0.3, -0.25) is 4.68 Å². The molecule has 3 aromatic rings. The monoisotopic (exact) mass is 385 g/mol. The highest BCUT2D eigenvalue weighted by Crippen LogP contribution is 2.32. The molecule has 1 aliphatic rings. The molecule has 2 atom stereocenters. The normalized spacial score (nSPS) is 17.9. The van der Waals surface area contributed by atoms with E-state index in [0.29, 0.717) is 47.7 Å². The van der Waals surface area contributed by atoms with Gasteiger partial charge in [0.25, 0.3) is 0 Å². The van der Waals surface area contributed by atoms with Gasteiger partial charge in [0, 0.05) is 42.7 Å². The molecule has 0 saturated carbocycles. The van der Waals surface area contributed by atoms with Crippen LogP contribution >= 0.6 is 0 Å². The lowest BCUT2D eigenvalue weighted by molar-refractivity contribution is 0.364. The smallest absolute Gasteiger partial charge is 0.133 e. The molecule has 1 aliphatic heterocycles. The van der Waals surface area contributed by atoms with E-state index in [1.807, 2.05) is 4.90 Å². The number of hydrogen-bond donors (Lipinski definition) is 2. The fourth-order valence-electron chi connectivity index (χ4n) is 3.45. The highest BCUT2D eigenvalue weighted by atomic mass is 19.1. The van der Waals surface area contributed by atoms with Crippen molar-refractivity contribution in [1.82, 2.24) is 19.7 Å². The zero-order valence-electron chi connectivity index (χ0n) is 15.4. The largest absolute Gasteiger partial charge is 0.398 e. The molecule has 1 saturated heterocycles. The molecule has 0 radical (unpaired) electrons. The number of nitrogen functional groups attached to an aromatic ring is 1. The van der Waals surface area contributed by atoms with Gasteiger partial charge in [0.1, 0.15) is 24.1 Å². The van der Waals surface area contributed by atoms with Crippen LogP contribution in [-0.2, 0) is 7.05 Å². The van der Waals surface area contributed by atoms with Crippen molar-refractivity contribution in [2.24, 2.45) is 12.8 Å². The van der Waals surface area contributed by atoms with Crippen LogP contribution in [0.3, 0.4) is 0 Å². The van der Waals surface area contributed by atoms with Crippen LogP contribution in [0.1, 0.15) is 23.7 Å². The number of nitrogens with zero attached hydrogens (tertiary/aromatic N) is 5. The summed E-state index contributed by atoms with van der Waals surface area (Å²) >= 11 is 0. The Kier molecular flexibility index (Phi) is 4.68. The lowest BCUT2D eigenvalue weighted by Gasteiger charge is -2.19. The number of rotatable bonds is 4. The lowest BCUT2D eigenvalue weighted by atomic mass is 9.97. The molecule has 4 rings (SSSR count). The zero-order valence-corrected chi connectivity index (χ0v) is 15.4. The van der Waals surface area contributed by atoms with Gasteiger partial charge < -0.3 is 16.4 Å². The van der Waals surface area contributed by atoms with Gasteiger partial charge in [-0.2, -0.15) is 5.10 Å². The van der Waals surface area contributed by atoms with E-state index in [0.717, 1.165) is 0 Å². The van der Waals surface area contributed by atoms with Crippen LogP contribution in [0.5, 0.6) is 0 Å². The van der Waals surface area contributed by atoms with Gasteiger partial charge in [0.2, 0.25) is 0 Å². The van der Waals surface area contributed by atoms with Crippen molar-refractivity contribution in [1.29, 1.82) is 0 Å². The van der Waals surface area contributed by atoms with E-state index in [9.17, 15) is 8.78 Å². The van der Waals surface area contributed by atoms with Crippen LogP contribution in [0, 0.1) is 5.82 Å². The second-order valence-electron chi connectivity index (χ2n) is 6.97. The van der Waals surface area contributed by atoms with E-state index < -0.39 is 18.0 Å². The average molecular weight is 385 g/mol. The van der Waals surface area contributed by atoms with Crippen molar-refractivity contribution in [2.45, 2.75) is 18.6 Å². The molecular formula is C19H21F2N7. The molecule has 0 aliphatic carbocycles. The van der Waals surface area contributed by atoms with Gasteiger partial charge in [0.15, 0.2) is 0 Å². The van der Waals surface area contributed by atoms with E-state index in [4.69, 9.17) is 11.5 Å². The van der Waals surface area contributed by atoms with Gasteiger partial charge in [0.05, 0.1) is 24.5 Å². The minimum absolute atomic E-state index is 0.239. The van der Waals surface area contributed by atoms with Crippen molar-refractivity contribution in [3.05, 3.63) is 54.0 Å². The standard InChI is InChI=1S/C19H21F2N7/c1-27-8-11(7-26-27)13-4-14(16(22)5-15(13)21)19(23)17-6-18(25-10-24-17)28-3-2-12(20)9-28/h4-8,10,12,19H,2-3,9,22-23H2,1H3. The number of alkyl halides is 1. The predicted molar refractivity (Wildman–Crippen MR) is 103 cm³/mol. The zero-order chi connectivity index (χ0) is 19.8. The van der Waals surface area contributed by atoms with Crippen LogP contribution in [0.2, 0.25) is 0 Å². The minimum atomic E-state index is -0.859. The molecule has 1 aromatic carbocycles. The molecule has 0 bridgehead atoms. The Morgan fingerprint density at radius 1 is 1.25 bits per heavy atom. The van der Waals surface area contributed by atoms with Crippen molar-refractivity contribution in [2.75, 3.05) is 23.7 Å². The van der Waals surface area contributed by atoms with E-state index in [-0.39, 0.29) is 5.69 Å². The number of hydrogen-bond acceptors (Lipinski definition) is 6. The number of benzene rings is 1. The van der Waals surface area contributed by atoms with Crippen LogP contribution in [0.15, 0.2) is 36.9 Å². The first kappa shape index (κ1) is 18.3. The van der Waals surface area contributed by atoms with Gasteiger partial charge in [-0.1, -0.05) is 0 Å². The minimum Gasteiger partial charge on any atom is -0.398 e. The number of halogens is 2. The van der Waals surface area contributed by atoms with E-state index in [1.54, 1.807) is 36.3 Å². The Labute approximate surface area is 161 Å². The van der Waals surface area contributed by atoms with Gasteiger partial charge >= 0.3 is 0 Å². The Balaban J connectivity index is 1.69. The number of aryl methyl sites for hydroxylation is 1. The SMILES string of the molecule is Cn1cc(-c2cc(C(N)c3cc(N4CCC(F)C4)ncn3)c(N)cc2F)cn1. The number of nitrogens with two attached hydrogens (primary N) is 2. The maximum atomic E-state index is 14.5. The highest BCUT2D eigenvalue weighted by molar-refractivity contribution is 5.68. The maximum absolute atomic E-state index is 14.5. The Morgan fingerprint density at radius 2 is 2.07 bits per heavy atom. The summed E-state index contributed by atoms with van der Waals surface area (Å²) in [4.78, 5) is 10.3. The maximum Gasteiger partial charge on any atom is 0.133 e. The van der Waals surface area contributed by atoms with Crippen LogP contribution < -0.4 is 16.4 Å². The lowest BCUT2D eigenvalue weighted by Crippen LogP contribution is -2.22. The summed E-state index contributed by atoms with van der Waals surface area (Å²) in [6.07, 6.45) is 4.31. The van der Waals surface area contributed by atoms with Crippen LogP contribution in [0.4, 0.5) is 20.3 Å². The molecule has 9 heteroatoms. The Hall–Kier alpha value is -3.07. The first-order chi connectivity index (χ1) is 13.4. The molecule has 146 valence electrons. The third-order valence-corrected chi connectivity index (χ3v) is 4.97. The summed E-state index contributed by atoms with van der Waals surface area (Å²) < 4.78 is 29.6. The van der Waals surface area contributed by atoms with Gasteiger partial charge in [-0.25, -0.2) is 18.7 Å². The van der Waals surface area contributed by atoms with Crippen LogP contribution in [-0.4, -0.2) is 39.0 Å². The summed E-state index contributed by atoms with van der Waals surface area (Å²) in [5.74, 6) is 0.171. The molecule has 2 unspecified atom stereocenters. The molecule has 1 fully saturated rings. The predicted octanol–water partition coefficient (Wildman–Crippen LogP) is 2.19. The summed E-state index contributed by atoms with van der Waals surface area (Å²) in [5.41, 5.74) is 14.8. The van der Waals surface area contributed by atoms with Crippen molar-refractivity contribution in [3.63, 3.8) is 0 Å².